The van der Waals surface area contributed by atoms with E-state index in [1.807, 2.05) is 30.3 Å². The Kier molecular flexibility index (Phi) is 5.41. The zero-order valence-corrected chi connectivity index (χ0v) is 16.4. The molecule has 0 unspecified atom stereocenters. The summed E-state index contributed by atoms with van der Waals surface area (Å²) in [5, 5.41) is 13.3. The number of halogens is 1. The summed E-state index contributed by atoms with van der Waals surface area (Å²) in [5.74, 6) is -0.116. The molecular formula is C23H17ClN2O4. The lowest BCUT2D eigenvalue weighted by Crippen LogP contribution is -2.16. The summed E-state index contributed by atoms with van der Waals surface area (Å²) in [6.07, 6.45) is -0.107. The first-order valence-corrected chi connectivity index (χ1v) is 9.53. The van der Waals surface area contributed by atoms with Crippen molar-refractivity contribution in [3.63, 3.8) is 0 Å². The number of hydrogen-bond acceptors (Lipinski definition) is 3. The summed E-state index contributed by atoms with van der Waals surface area (Å²) in [6, 6.07) is 21.3. The van der Waals surface area contributed by atoms with Crippen LogP contribution in [0.15, 0.2) is 72.8 Å². The summed E-state index contributed by atoms with van der Waals surface area (Å²) in [6.45, 7) is 0. The Morgan fingerprint density at radius 1 is 0.967 bits per heavy atom. The van der Waals surface area contributed by atoms with Crippen LogP contribution < -0.4 is 10.1 Å². The molecule has 30 heavy (non-hydrogen) atoms. The second kappa shape index (κ2) is 8.31. The van der Waals surface area contributed by atoms with E-state index in [1.54, 1.807) is 42.5 Å². The molecular weight excluding hydrogens is 404 g/mol. The zero-order valence-electron chi connectivity index (χ0n) is 15.7. The lowest BCUT2D eigenvalue weighted by molar-refractivity contribution is -0.115. The average molecular weight is 421 g/mol. The van der Waals surface area contributed by atoms with Gasteiger partial charge in [0.05, 0.1) is 6.42 Å². The fraction of sp³-hybridized carbons (Fsp3) is 0.0435. The van der Waals surface area contributed by atoms with Gasteiger partial charge in [-0.2, -0.15) is 0 Å². The molecule has 0 aliphatic heterocycles. The second-order valence-corrected chi connectivity index (χ2v) is 7.07. The minimum Gasteiger partial charge on any atom is -0.477 e. The number of carbonyl (C=O) groups is 2. The Balaban J connectivity index is 1.49. The minimum absolute atomic E-state index is 0.0194. The van der Waals surface area contributed by atoms with Crippen molar-refractivity contribution in [3.8, 4) is 11.5 Å². The molecule has 3 aromatic carbocycles. The van der Waals surface area contributed by atoms with Crippen LogP contribution >= 0.6 is 11.6 Å². The van der Waals surface area contributed by atoms with E-state index in [4.69, 9.17) is 16.3 Å². The molecule has 0 aliphatic carbocycles. The fourth-order valence-electron chi connectivity index (χ4n) is 3.18. The van der Waals surface area contributed by atoms with Crippen molar-refractivity contribution in [3.05, 3.63) is 89.1 Å². The number of para-hydroxylation sites is 1. The van der Waals surface area contributed by atoms with E-state index in [2.05, 4.69) is 10.3 Å². The number of nitrogens with one attached hydrogen (secondary N) is 2. The number of H-pyrrole nitrogens is 1. The largest absolute Gasteiger partial charge is 0.477 e. The highest BCUT2D eigenvalue weighted by molar-refractivity contribution is 6.31. The number of benzene rings is 3. The number of carboxylic acids is 1. The number of ether oxygens (including phenoxy) is 1. The van der Waals surface area contributed by atoms with Crippen molar-refractivity contribution in [1.82, 2.24) is 4.98 Å². The van der Waals surface area contributed by atoms with Crippen molar-refractivity contribution < 1.29 is 19.4 Å². The molecule has 0 aliphatic rings. The van der Waals surface area contributed by atoms with E-state index < -0.39 is 5.97 Å². The summed E-state index contributed by atoms with van der Waals surface area (Å²) in [4.78, 5) is 27.0. The Morgan fingerprint density at radius 2 is 1.67 bits per heavy atom. The van der Waals surface area contributed by atoms with E-state index in [9.17, 15) is 14.7 Å². The average Bonchev–Trinajstić information content (AvgIpc) is 3.08. The highest BCUT2D eigenvalue weighted by atomic mass is 35.5. The molecule has 150 valence electrons. The van der Waals surface area contributed by atoms with E-state index in [1.165, 1.54) is 0 Å². The maximum Gasteiger partial charge on any atom is 0.352 e. The van der Waals surface area contributed by atoms with Gasteiger partial charge in [0.2, 0.25) is 5.91 Å². The quantitative estimate of drug-likeness (QED) is 0.384. The topological polar surface area (TPSA) is 91.4 Å². The van der Waals surface area contributed by atoms with E-state index in [-0.39, 0.29) is 18.0 Å². The van der Waals surface area contributed by atoms with Crippen LogP contribution in [0, 0.1) is 0 Å². The minimum atomic E-state index is -1.13. The first-order chi connectivity index (χ1) is 14.5. The van der Waals surface area contributed by atoms with Gasteiger partial charge in [-0.25, -0.2) is 4.79 Å². The van der Waals surface area contributed by atoms with Crippen LogP contribution in [-0.2, 0) is 11.2 Å². The molecule has 7 heteroatoms. The van der Waals surface area contributed by atoms with Gasteiger partial charge >= 0.3 is 5.97 Å². The van der Waals surface area contributed by atoms with Gasteiger partial charge in [0.1, 0.15) is 17.2 Å². The predicted octanol–water partition coefficient (Wildman–Crippen LogP) is 5.49. The van der Waals surface area contributed by atoms with Crippen LogP contribution in [0.3, 0.4) is 0 Å². The molecule has 4 aromatic rings. The Hall–Kier alpha value is -3.77. The molecule has 0 bridgehead atoms. The van der Waals surface area contributed by atoms with Crippen molar-refractivity contribution >= 4 is 40.1 Å². The van der Waals surface area contributed by atoms with Crippen molar-refractivity contribution in [2.45, 2.75) is 6.42 Å². The first-order valence-electron chi connectivity index (χ1n) is 9.16. The third kappa shape index (κ3) is 4.29. The molecule has 0 atom stereocenters. The molecule has 1 heterocycles. The molecule has 0 radical (unpaired) electrons. The van der Waals surface area contributed by atoms with Crippen molar-refractivity contribution in [2.24, 2.45) is 0 Å². The van der Waals surface area contributed by atoms with E-state index >= 15 is 0 Å². The van der Waals surface area contributed by atoms with Crippen LogP contribution in [0.1, 0.15) is 16.1 Å². The number of fused-ring (bicyclic) bond motifs is 1. The van der Waals surface area contributed by atoms with Crippen molar-refractivity contribution in [2.75, 3.05) is 5.32 Å². The van der Waals surface area contributed by atoms with Crippen LogP contribution in [0.4, 0.5) is 5.69 Å². The van der Waals surface area contributed by atoms with Crippen LogP contribution in [-0.4, -0.2) is 22.0 Å². The summed E-state index contributed by atoms with van der Waals surface area (Å²) in [7, 11) is 0. The number of aromatic nitrogens is 1. The Morgan fingerprint density at radius 3 is 2.37 bits per heavy atom. The lowest BCUT2D eigenvalue weighted by atomic mass is 10.1. The van der Waals surface area contributed by atoms with Gasteiger partial charge in [-0.1, -0.05) is 29.8 Å². The molecule has 1 aromatic heterocycles. The van der Waals surface area contributed by atoms with Crippen molar-refractivity contribution in [1.29, 1.82) is 0 Å². The third-order valence-corrected chi connectivity index (χ3v) is 4.77. The molecule has 6 nitrogen and oxygen atoms in total. The van der Waals surface area contributed by atoms with Crippen LogP contribution in [0.25, 0.3) is 10.9 Å². The van der Waals surface area contributed by atoms with Crippen LogP contribution in [0.2, 0.25) is 5.02 Å². The maximum atomic E-state index is 12.6. The second-order valence-electron chi connectivity index (χ2n) is 6.64. The SMILES string of the molecule is O=C(Cc1c(C(=O)O)[nH]c2ccc(Cl)cc12)Nc1ccc(Oc2ccccc2)cc1. The molecule has 0 fully saturated rings. The smallest absolute Gasteiger partial charge is 0.352 e. The van der Waals surface area contributed by atoms with Gasteiger partial charge in [-0.3, -0.25) is 4.79 Å². The first kappa shape index (κ1) is 19.5. The Labute approximate surface area is 177 Å². The third-order valence-electron chi connectivity index (χ3n) is 4.54. The predicted molar refractivity (Wildman–Crippen MR) is 116 cm³/mol. The fourth-order valence-corrected chi connectivity index (χ4v) is 3.35. The number of aromatic amines is 1. The van der Waals surface area contributed by atoms with Gasteiger partial charge in [0, 0.05) is 27.2 Å². The van der Waals surface area contributed by atoms with Gasteiger partial charge in [-0.15, -0.1) is 0 Å². The van der Waals surface area contributed by atoms with Gasteiger partial charge in [0.25, 0.3) is 0 Å². The van der Waals surface area contributed by atoms with Gasteiger partial charge in [-0.05, 0) is 54.6 Å². The van der Waals surface area contributed by atoms with Gasteiger partial charge < -0.3 is 20.1 Å². The summed E-state index contributed by atoms with van der Waals surface area (Å²) in [5.41, 5.74) is 1.56. The van der Waals surface area contributed by atoms with E-state index in [0.29, 0.717) is 38.7 Å². The molecule has 4 rings (SSSR count). The molecule has 0 spiro atoms. The van der Waals surface area contributed by atoms with E-state index in [0.717, 1.165) is 0 Å². The summed E-state index contributed by atoms with van der Waals surface area (Å²) < 4.78 is 5.73. The monoisotopic (exact) mass is 420 g/mol. The Bertz CT molecular complexity index is 1220. The number of rotatable bonds is 6. The maximum absolute atomic E-state index is 12.6. The number of anilines is 1. The number of hydrogen-bond donors (Lipinski definition) is 3. The standard InChI is InChI=1S/C23H17ClN2O4/c24-14-6-11-20-18(12-14)19(22(26-20)23(28)29)13-21(27)25-15-7-9-17(10-8-15)30-16-4-2-1-3-5-16/h1-12,26H,13H2,(H,25,27)(H,28,29). The zero-order chi connectivity index (χ0) is 21.1. The highest BCUT2D eigenvalue weighted by Gasteiger charge is 2.20. The molecule has 3 N–H and O–H groups in total. The molecule has 0 saturated heterocycles. The lowest BCUT2D eigenvalue weighted by Gasteiger charge is -2.08. The highest BCUT2D eigenvalue weighted by Crippen LogP contribution is 2.27. The summed E-state index contributed by atoms with van der Waals surface area (Å²) >= 11 is 6.04. The number of carbonyl (C=O) groups excluding carboxylic acids is 1. The number of aromatic carboxylic acids is 1. The molecule has 0 saturated carbocycles. The number of amides is 1. The van der Waals surface area contributed by atoms with Crippen LogP contribution in [0.5, 0.6) is 11.5 Å². The van der Waals surface area contributed by atoms with Gasteiger partial charge in [0.15, 0.2) is 0 Å². The normalized spacial score (nSPS) is 10.7. The number of carboxylic acid groups (broad SMARTS) is 1. The molecule has 1 amide bonds.